The van der Waals surface area contributed by atoms with E-state index in [1.165, 1.54) is 0 Å². The van der Waals surface area contributed by atoms with Gasteiger partial charge in [-0.3, -0.25) is 0 Å². The van der Waals surface area contributed by atoms with Crippen molar-refractivity contribution in [2.45, 2.75) is 19.4 Å². The van der Waals surface area contributed by atoms with Gasteiger partial charge in [0, 0.05) is 6.54 Å². The van der Waals surface area contributed by atoms with Gasteiger partial charge in [0.25, 0.3) is 0 Å². The second-order valence-electron chi connectivity index (χ2n) is 2.24. The molecule has 0 aromatic heterocycles. The molecule has 2 atom stereocenters. The van der Waals surface area contributed by atoms with Crippen LogP contribution in [-0.2, 0) is 9.09 Å². The van der Waals surface area contributed by atoms with Crippen LogP contribution in [0.2, 0.25) is 0 Å². The molecule has 0 amide bonds. The Morgan fingerprint density at radius 3 is 2.82 bits per heavy atom. The Balaban J connectivity index is 3.36. The second-order valence-corrected chi connectivity index (χ2v) is 3.53. The Labute approximate surface area is 67.6 Å². The van der Waals surface area contributed by atoms with Crippen LogP contribution < -0.4 is 5.73 Å². The molecule has 0 saturated carbocycles. The van der Waals surface area contributed by atoms with Crippen LogP contribution in [0.4, 0.5) is 0 Å². The van der Waals surface area contributed by atoms with Gasteiger partial charge in [-0.15, -0.1) is 4.52 Å². The summed E-state index contributed by atoms with van der Waals surface area (Å²) in [6.45, 7) is 2.55. The van der Waals surface area contributed by atoms with Gasteiger partial charge in [0.05, 0.1) is 0 Å². The van der Waals surface area contributed by atoms with Crippen molar-refractivity contribution >= 4 is 8.03 Å². The van der Waals surface area contributed by atoms with E-state index in [4.69, 9.17) is 15.4 Å². The lowest BCUT2D eigenvalue weighted by Crippen LogP contribution is -2.22. The smallest absolute Gasteiger partial charge is 0.387 e. The maximum absolute atomic E-state index is 10.9. The highest BCUT2D eigenvalue weighted by atomic mass is 31.1. The third-order valence-corrected chi connectivity index (χ3v) is 2.26. The average molecular weight is 180 g/mol. The summed E-state index contributed by atoms with van der Waals surface area (Å²) in [5.74, 6) is 0. The molecular formula is C6H15NO3P+. The first-order valence-electron chi connectivity index (χ1n) is 3.66. The van der Waals surface area contributed by atoms with Crippen molar-refractivity contribution in [3.05, 3.63) is 0 Å². The molecule has 0 fully saturated rings. The fourth-order valence-electron chi connectivity index (χ4n) is 0.492. The van der Waals surface area contributed by atoms with Crippen LogP contribution in [-0.4, -0.2) is 30.5 Å². The van der Waals surface area contributed by atoms with Crippen molar-refractivity contribution in [1.82, 2.24) is 0 Å². The van der Waals surface area contributed by atoms with Gasteiger partial charge in [-0.1, -0.05) is 6.92 Å². The summed E-state index contributed by atoms with van der Waals surface area (Å²) in [7, 11) is -1.71. The predicted octanol–water partition coefficient (Wildman–Crippen LogP) is 0.475. The third kappa shape index (κ3) is 6.38. The summed E-state index contributed by atoms with van der Waals surface area (Å²) in [6.07, 6.45) is 0.279. The summed E-state index contributed by atoms with van der Waals surface area (Å²) in [4.78, 5) is 0. The standard InChI is InChI=1S/C6H15NO3P/c1-2-3-10-11(9)5-6(8)4-7/h6,8H,2-5,7H2,1H3/q+1. The molecule has 2 unspecified atom stereocenters. The molecule has 0 heterocycles. The first-order chi connectivity index (χ1) is 5.20. The highest BCUT2D eigenvalue weighted by molar-refractivity contribution is 7.39. The minimum Gasteiger partial charge on any atom is -0.387 e. The van der Waals surface area contributed by atoms with Crippen molar-refractivity contribution in [2.24, 2.45) is 5.73 Å². The number of aliphatic hydroxyl groups is 1. The zero-order valence-electron chi connectivity index (χ0n) is 6.69. The van der Waals surface area contributed by atoms with Crippen molar-refractivity contribution in [3.63, 3.8) is 0 Å². The second kappa shape index (κ2) is 6.68. The van der Waals surface area contributed by atoms with E-state index in [0.717, 1.165) is 6.42 Å². The molecule has 0 aliphatic rings. The molecule has 0 radical (unpaired) electrons. The van der Waals surface area contributed by atoms with Crippen LogP contribution >= 0.6 is 8.03 Å². The maximum atomic E-state index is 10.9. The number of nitrogens with two attached hydrogens (primary N) is 1. The molecule has 0 aliphatic carbocycles. The van der Waals surface area contributed by atoms with Crippen LogP contribution in [0.15, 0.2) is 0 Å². The van der Waals surface area contributed by atoms with Crippen molar-refractivity contribution in [1.29, 1.82) is 0 Å². The van der Waals surface area contributed by atoms with Crippen molar-refractivity contribution < 1.29 is 14.2 Å². The molecule has 5 heteroatoms. The highest BCUT2D eigenvalue weighted by Gasteiger charge is 2.21. The number of aliphatic hydroxyl groups excluding tert-OH is 1. The molecular weight excluding hydrogens is 165 g/mol. The Morgan fingerprint density at radius 1 is 1.73 bits per heavy atom. The molecule has 0 aliphatic heterocycles. The lowest BCUT2D eigenvalue weighted by molar-refractivity contribution is 0.200. The number of hydrogen-bond acceptors (Lipinski definition) is 4. The van der Waals surface area contributed by atoms with Gasteiger partial charge in [-0.2, -0.15) is 0 Å². The predicted molar refractivity (Wildman–Crippen MR) is 43.8 cm³/mol. The normalized spacial score (nSPS) is 14.6. The van der Waals surface area contributed by atoms with E-state index in [0.29, 0.717) is 6.61 Å². The number of hydrogen-bond donors (Lipinski definition) is 2. The molecule has 66 valence electrons. The lowest BCUT2D eigenvalue weighted by Gasteiger charge is -1.96. The molecule has 0 aromatic rings. The molecule has 0 bridgehead atoms. The maximum Gasteiger partial charge on any atom is 0.510 e. The molecule has 0 rings (SSSR count). The Hall–Kier alpha value is -0.0200. The fourth-order valence-corrected chi connectivity index (χ4v) is 1.48. The van der Waals surface area contributed by atoms with Gasteiger partial charge in [-0.25, -0.2) is 0 Å². The zero-order valence-corrected chi connectivity index (χ0v) is 7.59. The SMILES string of the molecule is CCCO[P+](=O)CC(O)CN. The van der Waals surface area contributed by atoms with Gasteiger partial charge in [0.2, 0.25) is 6.16 Å². The quantitative estimate of drug-likeness (QED) is 0.583. The summed E-state index contributed by atoms with van der Waals surface area (Å²) in [6, 6.07) is 0. The van der Waals surface area contributed by atoms with Crippen LogP contribution in [0.3, 0.4) is 0 Å². The Kier molecular flexibility index (Phi) is 6.66. The Morgan fingerprint density at radius 2 is 2.36 bits per heavy atom. The Bertz CT molecular complexity index is 120. The first-order valence-corrected chi connectivity index (χ1v) is 5.02. The largest absolute Gasteiger partial charge is 0.510 e. The summed E-state index contributed by atoms with van der Waals surface area (Å²) in [5.41, 5.74) is 5.11. The van der Waals surface area contributed by atoms with Crippen molar-refractivity contribution in [2.75, 3.05) is 19.3 Å². The lowest BCUT2D eigenvalue weighted by atomic mass is 10.4. The fraction of sp³-hybridized carbons (Fsp3) is 1.00. The van der Waals surface area contributed by atoms with Crippen LogP contribution in [0, 0.1) is 0 Å². The van der Waals surface area contributed by atoms with Gasteiger partial charge in [0.15, 0.2) is 0 Å². The van der Waals surface area contributed by atoms with E-state index in [9.17, 15) is 4.57 Å². The summed E-state index contributed by atoms with van der Waals surface area (Å²) in [5, 5.41) is 8.94. The van der Waals surface area contributed by atoms with E-state index in [1.54, 1.807) is 0 Å². The summed E-state index contributed by atoms with van der Waals surface area (Å²) < 4.78 is 15.7. The highest BCUT2D eigenvalue weighted by Crippen LogP contribution is 2.22. The van der Waals surface area contributed by atoms with Gasteiger partial charge in [0.1, 0.15) is 12.7 Å². The monoisotopic (exact) mass is 180 g/mol. The van der Waals surface area contributed by atoms with Crippen LogP contribution in [0.5, 0.6) is 0 Å². The molecule has 0 saturated heterocycles. The first kappa shape index (κ1) is 11.0. The van der Waals surface area contributed by atoms with Crippen LogP contribution in [0.1, 0.15) is 13.3 Å². The molecule has 11 heavy (non-hydrogen) atoms. The topological polar surface area (TPSA) is 72.5 Å². The zero-order chi connectivity index (χ0) is 8.69. The molecule has 4 nitrogen and oxygen atoms in total. The molecule has 0 spiro atoms. The van der Waals surface area contributed by atoms with Crippen LogP contribution in [0.25, 0.3) is 0 Å². The van der Waals surface area contributed by atoms with Gasteiger partial charge in [-0.05, 0) is 11.0 Å². The minimum absolute atomic E-state index is 0.135. The number of rotatable bonds is 6. The summed E-state index contributed by atoms with van der Waals surface area (Å²) >= 11 is 0. The van der Waals surface area contributed by atoms with E-state index < -0.39 is 14.1 Å². The minimum atomic E-state index is -1.71. The average Bonchev–Trinajstić information content (AvgIpc) is 2.00. The van der Waals surface area contributed by atoms with E-state index in [1.807, 2.05) is 6.92 Å². The molecule has 0 aromatic carbocycles. The van der Waals surface area contributed by atoms with Gasteiger partial charge >= 0.3 is 8.03 Å². The van der Waals surface area contributed by atoms with Gasteiger partial charge < -0.3 is 10.8 Å². The molecule has 3 N–H and O–H groups in total. The van der Waals surface area contributed by atoms with E-state index in [2.05, 4.69) is 0 Å². The van der Waals surface area contributed by atoms with E-state index in [-0.39, 0.29) is 12.7 Å². The van der Waals surface area contributed by atoms with Crippen molar-refractivity contribution in [3.8, 4) is 0 Å². The van der Waals surface area contributed by atoms with E-state index >= 15 is 0 Å². The third-order valence-electron chi connectivity index (χ3n) is 1.07.